The molecule has 0 unspecified atom stereocenters. The highest BCUT2D eigenvalue weighted by Gasteiger charge is 2.13. The van der Waals surface area contributed by atoms with Crippen molar-refractivity contribution < 1.29 is 4.92 Å². The number of benzene rings is 1. The van der Waals surface area contributed by atoms with Crippen molar-refractivity contribution in [3.63, 3.8) is 0 Å². The Labute approximate surface area is 95.7 Å². The van der Waals surface area contributed by atoms with Crippen LogP contribution in [0, 0.1) is 10.1 Å². The van der Waals surface area contributed by atoms with Crippen molar-refractivity contribution in [1.29, 1.82) is 0 Å². The number of anilines is 1. The lowest BCUT2D eigenvalue weighted by molar-refractivity contribution is -0.385. The SMILES string of the molecule is Nc1ncc(Cc2ccccc2[N+](=O)[O-])s1. The number of hydrogen-bond acceptors (Lipinski definition) is 5. The predicted octanol–water partition coefficient (Wildman–Crippen LogP) is 2.22. The van der Waals surface area contributed by atoms with Gasteiger partial charge >= 0.3 is 0 Å². The number of nitro groups is 1. The summed E-state index contributed by atoms with van der Waals surface area (Å²) in [5, 5.41) is 11.3. The molecule has 1 aromatic carbocycles. The van der Waals surface area contributed by atoms with E-state index in [9.17, 15) is 10.1 Å². The van der Waals surface area contributed by atoms with E-state index in [0.29, 0.717) is 17.1 Å². The van der Waals surface area contributed by atoms with Crippen LogP contribution in [0.25, 0.3) is 0 Å². The van der Waals surface area contributed by atoms with Crippen molar-refractivity contribution in [3.8, 4) is 0 Å². The van der Waals surface area contributed by atoms with Gasteiger partial charge in [0.05, 0.1) is 4.92 Å². The summed E-state index contributed by atoms with van der Waals surface area (Å²) in [7, 11) is 0. The van der Waals surface area contributed by atoms with Crippen LogP contribution in [-0.4, -0.2) is 9.91 Å². The monoisotopic (exact) mass is 235 g/mol. The maximum atomic E-state index is 10.8. The molecule has 82 valence electrons. The van der Waals surface area contributed by atoms with Crippen LogP contribution in [0.1, 0.15) is 10.4 Å². The molecule has 0 saturated carbocycles. The van der Waals surface area contributed by atoms with Gasteiger partial charge in [-0.3, -0.25) is 10.1 Å². The van der Waals surface area contributed by atoms with Crippen molar-refractivity contribution in [2.24, 2.45) is 0 Å². The van der Waals surface area contributed by atoms with Crippen LogP contribution < -0.4 is 5.73 Å². The van der Waals surface area contributed by atoms with Crippen molar-refractivity contribution in [1.82, 2.24) is 4.98 Å². The number of rotatable bonds is 3. The minimum Gasteiger partial charge on any atom is -0.375 e. The lowest BCUT2D eigenvalue weighted by Gasteiger charge is -1.99. The average Bonchev–Trinajstić information content (AvgIpc) is 2.64. The third kappa shape index (κ3) is 2.17. The normalized spacial score (nSPS) is 10.2. The molecule has 0 amide bonds. The number of para-hydroxylation sites is 1. The number of nitrogen functional groups attached to an aromatic ring is 1. The van der Waals surface area contributed by atoms with E-state index in [2.05, 4.69) is 4.98 Å². The van der Waals surface area contributed by atoms with E-state index in [4.69, 9.17) is 5.73 Å². The molecule has 2 aromatic rings. The molecular weight excluding hydrogens is 226 g/mol. The molecule has 6 heteroatoms. The Bertz CT molecular complexity index is 524. The molecule has 0 aliphatic carbocycles. The van der Waals surface area contributed by atoms with E-state index in [1.165, 1.54) is 17.4 Å². The van der Waals surface area contributed by atoms with Gasteiger partial charge in [0.1, 0.15) is 0 Å². The average molecular weight is 235 g/mol. The van der Waals surface area contributed by atoms with Crippen LogP contribution in [0.4, 0.5) is 10.8 Å². The van der Waals surface area contributed by atoms with Crippen molar-refractivity contribution >= 4 is 22.2 Å². The first kappa shape index (κ1) is 10.6. The molecule has 16 heavy (non-hydrogen) atoms. The summed E-state index contributed by atoms with van der Waals surface area (Å²) < 4.78 is 0. The molecule has 5 nitrogen and oxygen atoms in total. The van der Waals surface area contributed by atoms with Crippen LogP contribution in [0.5, 0.6) is 0 Å². The molecule has 0 aliphatic rings. The lowest BCUT2D eigenvalue weighted by atomic mass is 10.1. The van der Waals surface area contributed by atoms with Gasteiger partial charge in [0.15, 0.2) is 5.13 Å². The Morgan fingerprint density at radius 1 is 1.44 bits per heavy atom. The summed E-state index contributed by atoms with van der Waals surface area (Å²) in [5.74, 6) is 0. The fraction of sp³-hybridized carbons (Fsp3) is 0.100. The topological polar surface area (TPSA) is 82.0 Å². The zero-order chi connectivity index (χ0) is 11.5. The second kappa shape index (κ2) is 4.28. The van der Waals surface area contributed by atoms with Crippen molar-refractivity contribution in [2.45, 2.75) is 6.42 Å². The van der Waals surface area contributed by atoms with Gasteiger partial charge in [-0.15, -0.1) is 11.3 Å². The van der Waals surface area contributed by atoms with Crippen molar-refractivity contribution in [3.05, 3.63) is 51.0 Å². The van der Waals surface area contributed by atoms with Gasteiger partial charge in [-0.25, -0.2) is 4.98 Å². The first-order chi connectivity index (χ1) is 7.66. The van der Waals surface area contributed by atoms with Crippen LogP contribution in [-0.2, 0) is 6.42 Å². The first-order valence-electron chi connectivity index (χ1n) is 4.59. The second-order valence-corrected chi connectivity index (χ2v) is 4.37. The highest BCUT2D eigenvalue weighted by atomic mass is 32.1. The van der Waals surface area contributed by atoms with Gasteiger partial charge in [0.25, 0.3) is 5.69 Å². The summed E-state index contributed by atoms with van der Waals surface area (Å²) in [5.41, 5.74) is 6.31. The number of nitrogens with zero attached hydrogens (tertiary/aromatic N) is 2. The van der Waals surface area contributed by atoms with Gasteiger partial charge in [0.2, 0.25) is 0 Å². The van der Waals surface area contributed by atoms with E-state index in [0.717, 1.165) is 4.88 Å². The van der Waals surface area contributed by atoms with E-state index < -0.39 is 0 Å². The first-order valence-corrected chi connectivity index (χ1v) is 5.41. The van der Waals surface area contributed by atoms with E-state index in [-0.39, 0.29) is 10.6 Å². The fourth-order valence-corrected chi connectivity index (χ4v) is 2.14. The molecule has 2 N–H and O–H groups in total. The maximum Gasteiger partial charge on any atom is 0.272 e. The smallest absolute Gasteiger partial charge is 0.272 e. The molecule has 0 atom stereocenters. The van der Waals surface area contributed by atoms with E-state index in [1.54, 1.807) is 24.4 Å². The van der Waals surface area contributed by atoms with E-state index >= 15 is 0 Å². The molecule has 0 saturated heterocycles. The van der Waals surface area contributed by atoms with Gasteiger partial charge in [0, 0.05) is 29.1 Å². The standard InChI is InChI=1S/C10H9N3O2S/c11-10-12-6-8(16-10)5-7-3-1-2-4-9(7)13(14)15/h1-4,6H,5H2,(H2,11,12). The number of nitrogens with two attached hydrogens (primary N) is 1. The van der Waals surface area contributed by atoms with Crippen molar-refractivity contribution in [2.75, 3.05) is 5.73 Å². The number of thiazole rings is 1. The van der Waals surface area contributed by atoms with Crippen LogP contribution in [0.2, 0.25) is 0 Å². The molecule has 0 bridgehead atoms. The van der Waals surface area contributed by atoms with Gasteiger partial charge in [-0.05, 0) is 0 Å². The zero-order valence-corrected chi connectivity index (χ0v) is 9.11. The fourth-order valence-electron chi connectivity index (χ4n) is 1.43. The molecule has 0 radical (unpaired) electrons. The molecule has 1 heterocycles. The van der Waals surface area contributed by atoms with Crippen LogP contribution >= 0.6 is 11.3 Å². The minimum absolute atomic E-state index is 0.134. The Morgan fingerprint density at radius 2 is 2.19 bits per heavy atom. The summed E-state index contributed by atoms with van der Waals surface area (Å²) >= 11 is 1.35. The zero-order valence-electron chi connectivity index (χ0n) is 8.29. The highest BCUT2D eigenvalue weighted by molar-refractivity contribution is 7.15. The quantitative estimate of drug-likeness (QED) is 0.653. The molecule has 0 fully saturated rings. The summed E-state index contributed by atoms with van der Waals surface area (Å²) in [6.45, 7) is 0. The Balaban J connectivity index is 2.31. The minimum atomic E-state index is -0.375. The third-order valence-electron chi connectivity index (χ3n) is 2.12. The molecule has 2 rings (SSSR count). The second-order valence-electron chi connectivity index (χ2n) is 3.23. The summed E-state index contributed by atoms with van der Waals surface area (Å²) in [6, 6.07) is 6.68. The predicted molar refractivity (Wildman–Crippen MR) is 62.4 cm³/mol. The molecular formula is C10H9N3O2S. The number of nitro benzene ring substituents is 1. The third-order valence-corrected chi connectivity index (χ3v) is 2.95. The molecule has 0 aliphatic heterocycles. The Kier molecular flexibility index (Phi) is 2.82. The summed E-state index contributed by atoms with van der Waals surface area (Å²) in [6.07, 6.45) is 2.14. The number of aromatic nitrogens is 1. The van der Waals surface area contributed by atoms with Gasteiger partial charge in [-0.2, -0.15) is 0 Å². The maximum absolute atomic E-state index is 10.8. The highest BCUT2D eigenvalue weighted by Crippen LogP contribution is 2.24. The van der Waals surface area contributed by atoms with Crippen LogP contribution in [0.15, 0.2) is 30.5 Å². The van der Waals surface area contributed by atoms with E-state index in [1.807, 2.05) is 0 Å². The van der Waals surface area contributed by atoms with Crippen LogP contribution in [0.3, 0.4) is 0 Å². The summed E-state index contributed by atoms with van der Waals surface area (Å²) in [4.78, 5) is 15.2. The number of hydrogen-bond donors (Lipinski definition) is 1. The van der Waals surface area contributed by atoms with Gasteiger partial charge in [-0.1, -0.05) is 18.2 Å². The molecule has 1 aromatic heterocycles. The lowest BCUT2D eigenvalue weighted by Crippen LogP contribution is -1.95. The van der Waals surface area contributed by atoms with Gasteiger partial charge < -0.3 is 5.73 Å². The molecule has 0 spiro atoms. The Morgan fingerprint density at radius 3 is 2.81 bits per heavy atom. The largest absolute Gasteiger partial charge is 0.375 e. The Hall–Kier alpha value is -1.95.